The summed E-state index contributed by atoms with van der Waals surface area (Å²) in [4.78, 5) is 19.0. The fourth-order valence-corrected chi connectivity index (χ4v) is 7.85. The van der Waals surface area contributed by atoms with E-state index in [0.717, 1.165) is 105 Å². The Morgan fingerprint density at radius 2 is 1.04 bits per heavy atom. The van der Waals surface area contributed by atoms with Gasteiger partial charge < -0.3 is 19.6 Å². The summed E-state index contributed by atoms with van der Waals surface area (Å²) in [6.07, 6.45) is 1.93. The summed E-state index contributed by atoms with van der Waals surface area (Å²) in [6.45, 7) is 16.5. The second kappa shape index (κ2) is 21.5. The van der Waals surface area contributed by atoms with Gasteiger partial charge in [-0.1, -0.05) is 53.5 Å². The topological polar surface area (TPSA) is 25.9 Å². The molecule has 1 aromatic rings. The second-order valence-electron chi connectivity index (χ2n) is 13.2. The van der Waals surface area contributed by atoms with Gasteiger partial charge in [0.25, 0.3) is 0 Å². The van der Waals surface area contributed by atoms with Crippen LogP contribution in [-0.4, -0.2) is 188 Å². The molecule has 0 aliphatic carbocycles. The van der Waals surface area contributed by atoms with Gasteiger partial charge in [-0.05, 0) is 53.3 Å². The summed E-state index contributed by atoms with van der Waals surface area (Å²) in [7, 11) is 8.74. The summed E-state index contributed by atoms with van der Waals surface area (Å²) >= 11 is 27.1. The molecule has 0 spiro atoms. The molecule has 0 aromatic heterocycles. The van der Waals surface area contributed by atoms with E-state index in [2.05, 4.69) is 97.7 Å². The minimum Gasteiger partial charge on any atom is -0.305 e. The Morgan fingerprint density at radius 1 is 0.587 bits per heavy atom. The molecule has 8 nitrogen and oxygen atoms in total. The predicted molar refractivity (Wildman–Crippen MR) is 188 cm³/mol. The summed E-state index contributed by atoms with van der Waals surface area (Å²) in [5.41, 5.74) is 1.10. The van der Waals surface area contributed by atoms with Gasteiger partial charge in [0, 0.05) is 104 Å². The molecule has 264 valence electrons. The Morgan fingerprint density at radius 3 is 1.59 bits per heavy atom. The largest absolute Gasteiger partial charge is 2.00 e. The van der Waals surface area contributed by atoms with E-state index >= 15 is 0 Å². The summed E-state index contributed by atoms with van der Waals surface area (Å²) < 4.78 is -0.863. The van der Waals surface area contributed by atoms with Gasteiger partial charge in [-0.2, -0.15) is 0 Å². The van der Waals surface area contributed by atoms with Crippen LogP contribution in [0.3, 0.4) is 0 Å². The van der Waals surface area contributed by atoms with Gasteiger partial charge in [-0.25, -0.2) is 0 Å². The molecule has 14 heteroatoms. The van der Waals surface area contributed by atoms with Crippen molar-refractivity contribution in [3.05, 3.63) is 35.9 Å². The van der Waals surface area contributed by atoms with Crippen molar-refractivity contribution in [3.63, 3.8) is 0 Å². The van der Waals surface area contributed by atoms with Gasteiger partial charge >= 0.3 is 33.8 Å². The molecule has 5 unspecified atom stereocenters. The number of alkyl halides is 4. The molecule has 4 aliphatic heterocycles. The molecule has 4 bridgehead atoms. The molecule has 4 saturated heterocycles. The van der Waals surface area contributed by atoms with Gasteiger partial charge in [0.2, 0.25) is 0 Å². The number of hydrogen-bond donors (Lipinski definition) is 0. The van der Waals surface area contributed by atoms with Gasteiger partial charge in [0.15, 0.2) is 4.46 Å². The summed E-state index contributed by atoms with van der Waals surface area (Å²) in [5.74, 6) is 0. The molecular formula is C32H56Cl4CoMnN8+4. The van der Waals surface area contributed by atoms with Gasteiger partial charge in [0.1, 0.15) is 11.0 Å². The fraction of sp³-hybridized carbons (Fsp3) is 0.812. The zero-order valence-corrected chi connectivity index (χ0v) is 33.4. The predicted octanol–water partition coefficient (Wildman–Crippen LogP) is 3.74. The molecule has 1 aromatic carbocycles. The van der Waals surface area contributed by atoms with E-state index in [4.69, 9.17) is 46.4 Å². The normalized spacial score (nSPS) is 34.4. The molecule has 4 fully saturated rings. The summed E-state index contributed by atoms with van der Waals surface area (Å²) in [5, 5.41) is 0. The van der Waals surface area contributed by atoms with E-state index < -0.39 is 4.46 Å². The maximum absolute atomic E-state index is 6.97. The molecule has 46 heavy (non-hydrogen) atoms. The van der Waals surface area contributed by atoms with Crippen LogP contribution in [-0.2, 0) is 33.8 Å². The molecule has 2 radical (unpaired) electrons. The Bertz CT molecular complexity index is 933. The first-order chi connectivity index (χ1) is 21.0. The Balaban J connectivity index is 0.000000326. The quantitative estimate of drug-likeness (QED) is 0.241. The molecule has 4 aliphatic rings. The van der Waals surface area contributed by atoms with Crippen LogP contribution < -0.4 is 0 Å². The van der Waals surface area contributed by atoms with Crippen LogP contribution in [0.15, 0.2) is 30.3 Å². The molecule has 5 rings (SSSR count). The average molecular weight is 809 g/mol. The first-order valence-corrected chi connectivity index (χ1v) is 18.1. The third-order valence-electron chi connectivity index (χ3n) is 9.84. The maximum atomic E-state index is 6.97. The van der Waals surface area contributed by atoms with E-state index in [0.29, 0.717) is 6.42 Å². The van der Waals surface area contributed by atoms with E-state index in [1.54, 1.807) is 0 Å². The summed E-state index contributed by atoms with van der Waals surface area (Å²) in [6, 6.07) is 10.9. The van der Waals surface area contributed by atoms with Gasteiger partial charge in [-0.3, -0.25) is 19.6 Å². The first kappa shape index (κ1) is 43.3. The van der Waals surface area contributed by atoms with Crippen LogP contribution >= 0.6 is 46.4 Å². The molecule has 0 N–H and O–H groups in total. The van der Waals surface area contributed by atoms with Crippen molar-refractivity contribution < 1.29 is 33.8 Å². The number of likely N-dealkylation sites (N-methyl/N-ethyl adjacent to an activating group) is 4. The minimum absolute atomic E-state index is 0. The Hall–Kier alpha value is 1.09. The molecule has 5 atom stereocenters. The van der Waals surface area contributed by atoms with Crippen LogP contribution in [0.5, 0.6) is 0 Å². The maximum Gasteiger partial charge on any atom is 2.00 e. The number of benzene rings is 1. The standard InChI is InChI=1S/C20H32Cl2N4.C12H24Cl2N4.Co.Mn/c1-23-9-6-10-25-13-12-24(2)19(18-7-4-3-5-8-18)17-20(21,22)26(15-11-23)16-14-25;1-15-3-7-17-9-5-16(2)6-10-18(8-4-15)12(14)11(17)13;;/h3-5,7-8,19H,6,9-17H2,1-2H3;11-12H,3-10H2,1-2H3;;/q;;2*+2. The Labute approximate surface area is 320 Å². The van der Waals surface area contributed by atoms with Crippen LogP contribution in [0, 0.1) is 0 Å². The van der Waals surface area contributed by atoms with Crippen LogP contribution in [0.2, 0.25) is 0 Å². The van der Waals surface area contributed by atoms with Crippen molar-refractivity contribution in [2.45, 2.75) is 34.3 Å². The minimum atomic E-state index is -0.863. The molecule has 0 saturated carbocycles. The number of hydrogen-bond acceptors (Lipinski definition) is 8. The van der Waals surface area contributed by atoms with Crippen LogP contribution in [0.1, 0.15) is 24.4 Å². The molecule has 4 heterocycles. The number of halogens is 4. The second-order valence-corrected chi connectivity index (χ2v) is 15.5. The monoisotopic (exact) mass is 806 g/mol. The van der Waals surface area contributed by atoms with Crippen molar-refractivity contribution in [1.82, 2.24) is 39.2 Å². The zero-order chi connectivity index (χ0) is 31.7. The van der Waals surface area contributed by atoms with Crippen LogP contribution in [0.4, 0.5) is 0 Å². The number of rotatable bonds is 1. The molecule has 0 amide bonds. The van der Waals surface area contributed by atoms with Crippen molar-refractivity contribution in [2.75, 3.05) is 133 Å². The number of fused-ring (bicyclic) bond motifs is 6. The SMILES string of the molecule is CN1CCCN2CCN(C)C(c3ccccc3)CC(Cl)(Cl)N(CC1)CC2.CN1CCN2CCN(C)CCN(CC1)C(Cl)C2Cl.[Co+2].[Mn+2]. The third-order valence-corrected chi connectivity index (χ3v) is 11.8. The van der Waals surface area contributed by atoms with Gasteiger partial charge in [0.05, 0.1) is 0 Å². The van der Waals surface area contributed by atoms with E-state index in [-0.39, 0.29) is 50.9 Å². The average Bonchev–Trinajstić information content (AvgIpc) is 3.08. The van der Waals surface area contributed by atoms with Crippen molar-refractivity contribution >= 4 is 46.4 Å². The van der Waals surface area contributed by atoms with E-state index in [9.17, 15) is 0 Å². The van der Waals surface area contributed by atoms with Crippen molar-refractivity contribution in [1.29, 1.82) is 0 Å². The van der Waals surface area contributed by atoms with E-state index in [1.165, 1.54) is 12.0 Å². The Kier molecular flexibility index (Phi) is 20.2. The smallest absolute Gasteiger partial charge is 0.305 e. The zero-order valence-electron chi connectivity index (χ0n) is 28.1. The molecular weight excluding hydrogens is 752 g/mol. The third kappa shape index (κ3) is 13.3. The first-order valence-electron chi connectivity index (χ1n) is 16.5. The number of nitrogens with zero attached hydrogens (tertiary/aromatic N) is 8. The van der Waals surface area contributed by atoms with Crippen molar-refractivity contribution in [3.8, 4) is 0 Å². The fourth-order valence-electron chi connectivity index (χ4n) is 6.51. The van der Waals surface area contributed by atoms with E-state index in [1.807, 2.05) is 0 Å². The van der Waals surface area contributed by atoms with Crippen LogP contribution in [0.25, 0.3) is 0 Å². The van der Waals surface area contributed by atoms with Gasteiger partial charge in [-0.15, -0.1) is 23.2 Å². The van der Waals surface area contributed by atoms with Crippen molar-refractivity contribution in [2.24, 2.45) is 0 Å².